The lowest BCUT2D eigenvalue weighted by Gasteiger charge is -2.04. The van der Waals surface area contributed by atoms with Gasteiger partial charge in [0.2, 0.25) is 5.91 Å². The van der Waals surface area contributed by atoms with Gasteiger partial charge in [0.15, 0.2) is 0 Å². The highest BCUT2D eigenvalue weighted by Gasteiger charge is 2.00. The van der Waals surface area contributed by atoms with Crippen LogP contribution in [0, 0.1) is 0 Å². The molecule has 0 rings (SSSR count). The van der Waals surface area contributed by atoms with E-state index in [1.807, 2.05) is 0 Å². The van der Waals surface area contributed by atoms with Gasteiger partial charge in [-0.2, -0.15) is 0 Å². The number of oxime groups is 1. The first-order chi connectivity index (χ1) is 8.74. The number of carbonyl (C=O) groups is 1. The maximum atomic E-state index is 11.4. The summed E-state index contributed by atoms with van der Waals surface area (Å²) in [5.74, 6) is 0.116. The van der Waals surface area contributed by atoms with Crippen LogP contribution < -0.4 is 5.32 Å². The summed E-state index contributed by atoms with van der Waals surface area (Å²) in [5, 5.41) is 6.94. The number of rotatable bonds is 11. The van der Waals surface area contributed by atoms with E-state index < -0.39 is 0 Å². The number of nitrogens with zero attached hydrogens (tertiary/aromatic N) is 1. The Bertz CT molecular complexity index is 234. The topological polar surface area (TPSA) is 50.7 Å². The van der Waals surface area contributed by atoms with E-state index in [0.29, 0.717) is 13.0 Å². The highest BCUT2D eigenvalue weighted by Crippen LogP contribution is 1.96. The van der Waals surface area contributed by atoms with E-state index in [9.17, 15) is 4.79 Å². The first-order valence-corrected chi connectivity index (χ1v) is 7.18. The second-order valence-corrected chi connectivity index (χ2v) is 4.36. The molecule has 18 heavy (non-hydrogen) atoms. The highest BCUT2D eigenvalue weighted by molar-refractivity contribution is 5.83. The molecule has 0 aliphatic heterocycles. The normalized spacial score (nSPS) is 9.94. The number of nitrogens with one attached hydrogen (secondary N) is 1. The molecule has 0 aromatic carbocycles. The van der Waals surface area contributed by atoms with Crippen LogP contribution in [0.25, 0.3) is 0 Å². The van der Waals surface area contributed by atoms with Gasteiger partial charge in [-0.05, 0) is 25.7 Å². The van der Waals surface area contributed by atoms with Crippen molar-refractivity contribution in [3.05, 3.63) is 0 Å². The molecule has 0 aromatic rings. The summed E-state index contributed by atoms with van der Waals surface area (Å²) in [4.78, 5) is 16.6. The SMILES string of the molecule is CCCCCNC(=O)CCCON=C(CC)CC. The molecule has 106 valence electrons. The Labute approximate surface area is 111 Å². The van der Waals surface area contributed by atoms with Crippen LogP contribution in [-0.2, 0) is 9.63 Å². The van der Waals surface area contributed by atoms with Crippen molar-refractivity contribution in [1.29, 1.82) is 0 Å². The van der Waals surface area contributed by atoms with Crippen LogP contribution in [0.1, 0.15) is 65.7 Å². The fourth-order valence-electron chi connectivity index (χ4n) is 1.50. The first-order valence-electron chi connectivity index (χ1n) is 7.18. The summed E-state index contributed by atoms with van der Waals surface area (Å²) in [5.41, 5.74) is 1.07. The average Bonchev–Trinajstić information content (AvgIpc) is 2.39. The second kappa shape index (κ2) is 12.4. The zero-order chi connectivity index (χ0) is 13.6. The van der Waals surface area contributed by atoms with Crippen LogP contribution >= 0.6 is 0 Å². The Morgan fingerprint density at radius 1 is 1.11 bits per heavy atom. The van der Waals surface area contributed by atoms with Gasteiger partial charge in [0.25, 0.3) is 0 Å². The lowest BCUT2D eigenvalue weighted by molar-refractivity contribution is -0.121. The van der Waals surface area contributed by atoms with E-state index in [1.54, 1.807) is 0 Å². The third-order valence-electron chi connectivity index (χ3n) is 2.75. The molecule has 0 unspecified atom stereocenters. The van der Waals surface area contributed by atoms with Gasteiger partial charge in [-0.15, -0.1) is 0 Å². The lowest BCUT2D eigenvalue weighted by atomic mass is 10.2. The zero-order valence-electron chi connectivity index (χ0n) is 12.1. The van der Waals surface area contributed by atoms with Gasteiger partial charge in [-0.1, -0.05) is 38.8 Å². The Morgan fingerprint density at radius 2 is 1.83 bits per heavy atom. The zero-order valence-corrected chi connectivity index (χ0v) is 12.1. The highest BCUT2D eigenvalue weighted by atomic mass is 16.6. The minimum Gasteiger partial charge on any atom is -0.396 e. The van der Waals surface area contributed by atoms with Crippen LogP contribution in [0.5, 0.6) is 0 Å². The molecular formula is C14H28N2O2. The number of carbonyl (C=O) groups excluding carboxylic acids is 1. The molecule has 0 fully saturated rings. The summed E-state index contributed by atoms with van der Waals surface area (Å²) >= 11 is 0. The van der Waals surface area contributed by atoms with Gasteiger partial charge in [0.1, 0.15) is 6.61 Å². The summed E-state index contributed by atoms with van der Waals surface area (Å²) in [6.07, 6.45) is 6.52. The van der Waals surface area contributed by atoms with Crippen molar-refractivity contribution in [3.63, 3.8) is 0 Å². The molecule has 0 aliphatic rings. The summed E-state index contributed by atoms with van der Waals surface area (Å²) in [6, 6.07) is 0. The summed E-state index contributed by atoms with van der Waals surface area (Å²) in [6.45, 7) is 7.60. The predicted octanol–water partition coefficient (Wildman–Crippen LogP) is 3.27. The van der Waals surface area contributed by atoms with E-state index in [1.165, 1.54) is 12.8 Å². The van der Waals surface area contributed by atoms with E-state index in [4.69, 9.17) is 4.84 Å². The fraction of sp³-hybridized carbons (Fsp3) is 0.857. The first kappa shape index (κ1) is 16.9. The van der Waals surface area contributed by atoms with Gasteiger partial charge < -0.3 is 10.2 Å². The van der Waals surface area contributed by atoms with E-state index >= 15 is 0 Å². The summed E-state index contributed by atoms with van der Waals surface area (Å²) < 4.78 is 0. The molecule has 0 aliphatic carbocycles. The maximum absolute atomic E-state index is 11.4. The maximum Gasteiger partial charge on any atom is 0.220 e. The van der Waals surface area contributed by atoms with Gasteiger partial charge in [-0.3, -0.25) is 4.79 Å². The molecule has 1 amide bonds. The smallest absolute Gasteiger partial charge is 0.220 e. The van der Waals surface area contributed by atoms with Crippen LogP contribution in [0.15, 0.2) is 5.16 Å². The largest absolute Gasteiger partial charge is 0.396 e. The van der Waals surface area contributed by atoms with Crippen LogP contribution in [0.2, 0.25) is 0 Å². The Balaban J connectivity index is 3.43. The average molecular weight is 256 g/mol. The molecule has 0 saturated heterocycles. The van der Waals surface area contributed by atoms with Gasteiger partial charge in [-0.25, -0.2) is 0 Å². The molecule has 4 heteroatoms. The van der Waals surface area contributed by atoms with E-state index in [2.05, 4.69) is 31.2 Å². The molecule has 4 nitrogen and oxygen atoms in total. The van der Waals surface area contributed by atoms with Crippen LogP contribution in [0.4, 0.5) is 0 Å². The van der Waals surface area contributed by atoms with Crippen LogP contribution in [-0.4, -0.2) is 24.8 Å². The number of amides is 1. The van der Waals surface area contributed by atoms with Crippen molar-refractivity contribution < 1.29 is 9.63 Å². The van der Waals surface area contributed by atoms with Crippen molar-refractivity contribution >= 4 is 11.6 Å². The van der Waals surface area contributed by atoms with Crippen molar-refractivity contribution in [2.75, 3.05) is 13.2 Å². The van der Waals surface area contributed by atoms with Crippen molar-refractivity contribution in [1.82, 2.24) is 5.32 Å². The van der Waals surface area contributed by atoms with Crippen molar-refractivity contribution in [3.8, 4) is 0 Å². The van der Waals surface area contributed by atoms with Crippen molar-refractivity contribution in [2.24, 2.45) is 5.16 Å². The minimum atomic E-state index is 0.116. The molecule has 1 N–H and O–H groups in total. The van der Waals surface area contributed by atoms with E-state index in [-0.39, 0.29) is 5.91 Å². The van der Waals surface area contributed by atoms with Crippen molar-refractivity contribution in [2.45, 2.75) is 65.7 Å². The second-order valence-electron chi connectivity index (χ2n) is 4.36. The standard InChI is InChI=1S/C14H28N2O2/c1-4-7-8-11-15-14(17)10-9-12-18-16-13(5-2)6-3/h4-12H2,1-3H3,(H,15,17). The molecule has 0 spiro atoms. The predicted molar refractivity (Wildman–Crippen MR) is 75.7 cm³/mol. The number of unbranched alkanes of at least 4 members (excludes halogenated alkanes) is 2. The molecule has 0 radical (unpaired) electrons. The Hall–Kier alpha value is -1.06. The molecule has 0 bridgehead atoms. The lowest BCUT2D eigenvalue weighted by Crippen LogP contribution is -2.24. The molecule has 0 aromatic heterocycles. The Kier molecular flexibility index (Phi) is 11.7. The minimum absolute atomic E-state index is 0.116. The summed E-state index contributed by atoms with van der Waals surface area (Å²) in [7, 11) is 0. The van der Waals surface area contributed by atoms with Crippen LogP contribution in [0.3, 0.4) is 0 Å². The quantitative estimate of drug-likeness (QED) is 0.350. The molecular weight excluding hydrogens is 228 g/mol. The fourth-order valence-corrected chi connectivity index (χ4v) is 1.50. The third-order valence-corrected chi connectivity index (χ3v) is 2.75. The number of hydrogen-bond donors (Lipinski definition) is 1. The van der Waals surface area contributed by atoms with Gasteiger partial charge >= 0.3 is 0 Å². The van der Waals surface area contributed by atoms with E-state index in [0.717, 1.165) is 37.9 Å². The monoisotopic (exact) mass is 256 g/mol. The Morgan fingerprint density at radius 3 is 2.44 bits per heavy atom. The van der Waals surface area contributed by atoms with Gasteiger partial charge in [0, 0.05) is 13.0 Å². The molecule has 0 saturated carbocycles. The third kappa shape index (κ3) is 10.1. The molecule has 0 heterocycles. The number of hydrogen-bond acceptors (Lipinski definition) is 3. The van der Waals surface area contributed by atoms with Gasteiger partial charge in [0.05, 0.1) is 5.71 Å². The molecule has 0 atom stereocenters.